The second kappa shape index (κ2) is 11.0. The van der Waals surface area contributed by atoms with Crippen molar-refractivity contribution in [3.8, 4) is 17.7 Å². The van der Waals surface area contributed by atoms with Gasteiger partial charge >= 0.3 is 6.36 Å². The van der Waals surface area contributed by atoms with Gasteiger partial charge in [0.25, 0.3) is 0 Å². The third-order valence-electron chi connectivity index (χ3n) is 6.30. The summed E-state index contributed by atoms with van der Waals surface area (Å²) in [5.74, 6) is 0.187. The van der Waals surface area contributed by atoms with Gasteiger partial charge < -0.3 is 24.0 Å². The zero-order chi connectivity index (χ0) is 27.6. The predicted molar refractivity (Wildman–Crippen MR) is 133 cm³/mol. The number of nitrogens with zero attached hydrogens (tertiary/aromatic N) is 6. The van der Waals surface area contributed by atoms with Crippen molar-refractivity contribution < 1.29 is 32.2 Å². The number of alkyl halides is 3. The second-order valence-electron chi connectivity index (χ2n) is 8.91. The molecule has 0 saturated carbocycles. The first kappa shape index (κ1) is 26.6. The van der Waals surface area contributed by atoms with Gasteiger partial charge in [-0.15, -0.1) is 18.2 Å². The lowest BCUT2D eigenvalue weighted by atomic mass is 10.0. The van der Waals surface area contributed by atoms with Crippen molar-refractivity contribution in [2.75, 3.05) is 39.4 Å². The summed E-state index contributed by atoms with van der Waals surface area (Å²) in [5, 5.41) is 16.3. The Kier molecular flexibility index (Phi) is 7.49. The van der Waals surface area contributed by atoms with E-state index in [2.05, 4.69) is 9.73 Å². The van der Waals surface area contributed by atoms with Crippen LogP contribution in [-0.4, -0.2) is 90.3 Å². The van der Waals surface area contributed by atoms with E-state index in [0.717, 1.165) is 5.56 Å². The van der Waals surface area contributed by atoms with E-state index in [4.69, 9.17) is 26.2 Å². The maximum atomic E-state index is 12.7. The Balaban J connectivity index is 1.29. The molecule has 39 heavy (non-hydrogen) atoms. The molecule has 204 valence electrons. The highest BCUT2D eigenvalue weighted by Crippen LogP contribution is 2.28. The summed E-state index contributed by atoms with van der Waals surface area (Å²) in [6.45, 7) is 1.81. The molecule has 1 unspecified atom stereocenters. The van der Waals surface area contributed by atoms with E-state index in [1.165, 1.54) is 24.3 Å². The molecule has 3 heterocycles. The van der Waals surface area contributed by atoms with Crippen molar-refractivity contribution in [1.82, 2.24) is 14.8 Å². The van der Waals surface area contributed by atoms with E-state index in [0.29, 0.717) is 48.7 Å². The lowest BCUT2D eigenvalue weighted by Gasteiger charge is -2.42. The molecule has 0 aromatic heterocycles. The number of hydrogen-bond donors (Lipinski definition) is 0. The van der Waals surface area contributed by atoms with Gasteiger partial charge in [0, 0.05) is 17.1 Å². The first-order valence-electron chi connectivity index (χ1n) is 11.9. The molecule has 2 saturated heterocycles. The van der Waals surface area contributed by atoms with E-state index in [1.54, 1.807) is 22.0 Å². The van der Waals surface area contributed by atoms with Gasteiger partial charge in [-0.3, -0.25) is 4.79 Å². The molecule has 10 nitrogen and oxygen atoms in total. The molecule has 3 aliphatic rings. The summed E-state index contributed by atoms with van der Waals surface area (Å²) in [4.78, 5) is 20.2. The van der Waals surface area contributed by atoms with E-state index in [1.807, 2.05) is 23.2 Å². The van der Waals surface area contributed by atoms with Gasteiger partial charge in [-0.25, -0.2) is 5.01 Å². The number of amides is 1. The number of carbonyl (C=O) groups is 1. The molecule has 1 atom stereocenters. The number of guanidine groups is 1. The Morgan fingerprint density at radius 1 is 1.10 bits per heavy atom. The van der Waals surface area contributed by atoms with Gasteiger partial charge in [-0.2, -0.15) is 10.4 Å². The molecular weight excluding hydrogens is 541 g/mol. The number of hydrazone groups is 1. The van der Waals surface area contributed by atoms with Gasteiger partial charge in [-0.05, 0) is 36.4 Å². The largest absolute Gasteiger partial charge is 0.573 e. The Bertz CT molecular complexity index is 1310. The minimum absolute atomic E-state index is 0.0159. The number of benzene rings is 2. The molecule has 0 N–H and O–H groups in total. The minimum atomic E-state index is -4.77. The fourth-order valence-corrected chi connectivity index (χ4v) is 4.64. The summed E-state index contributed by atoms with van der Waals surface area (Å²) >= 11 is 6.06. The normalized spacial score (nSPS) is 20.4. The first-order chi connectivity index (χ1) is 18.7. The maximum Gasteiger partial charge on any atom is 0.573 e. The number of halogens is 4. The highest BCUT2D eigenvalue weighted by Gasteiger charge is 2.41. The molecule has 0 radical (unpaired) electrons. The van der Waals surface area contributed by atoms with E-state index >= 15 is 0 Å². The summed E-state index contributed by atoms with van der Waals surface area (Å²) in [6, 6.07) is 11.9. The number of rotatable bonds is 5. The van der Waals surface area contributed by atoms with Crippen LogP contribution in [0, 0.1) is 11.5 Å². The third kappa shape index (κ3) is 6.18. The van der Waals surface area contributed by atoms with Gasteiger partial charge in [-0.1, -0.05) is 23.7 Å². The predicted octanol–water partition coefficient (Wildman–Crippen LogP) is 3.09. The maximum absolute atomic E-state index is 12.7. The number of morpholine rings is 1. The molecule has 2 aromatic rings. The van der Waals surface area contributed by atoms with Crippen LogP contribution in [-0.2, 0) is 9.53 Å². The Hall–Kier alpha value is -4.02. The van der Waals surface area contributed by atoms with Gasteiger partial charge in [0.15, 0.2) is 0 Å². The molecule has 14 heteroatoms. The van der Waals surface area contributed by atoms with Crippen LogP contribution in [0.3, 0.4) is 0 Å². The summed E-state index contributed by atoms with van der Waals surface area (Å²) in [6.07, 6.45) is -3.24. The Labute approximate surface area is 226 Å². The number of carbonyl (C=O) groups excluding carboxylic acids is 1. The number of nitriles is 1. The fourth-order valence-electron chi connectivity index (χ4n) is 4.52. The van der Waals surface area contributed by atoms with E-state index < -0.39 is 12.4 Å². The molecule has 0 aliphatic carbocycles. The molecule has 1 amide bonds. The number of aliphatic imine (C=N–C) groups is 1. The summed E-state index contributed by atoms with van der Waals surface area (Å²) in [5.41, 5.74) is 1.42. The van der Waals surface area contributed by atoms with E-state index in [-0.39, 0.29) is 30.9 Å². The standard InChI is InChI=1S/C25H22ClF3N6O4/c26-17-3-1-16(2-4-17)23-21(34-9-10-37-14-22(34)36)13-35(32-23)24(31-15-30)33-11-20(12-33)38-18-5-7-19(8-6-18)39-25(27,28)29/h1-8,20-21H,9-14H2. The first-order valence-corrected chi connectivity index (χ1v) is 12.3. The highest BCUT2D eigenvalue weighted by molar-refractivity contribution is 6.30. The second-order valence-corrected chi connectivity index (χ2v) is 9.34. The average Bonchev–Trinajstić information content (AvgIpc) is 3.30. The molecule has 2 fully saturated rings. The Morgan fingerprint density at radius 2 is 1.79 bits per heavy atom. The lowest BCUT2D eigenvalue weighted by molar-refractivity contribution is -0.274. The molecule has 0 spiro atoms. The van der Waals surface area contributed by atoms with Gasteiger partial charge in [0.2, 0.25) is 18.1 Å². The van der Waals surface area contributed by atoms with Crippen LogP contribution in [0.15, 0.2) is 58.6 Å². The monoisotopic (exact) mass is 562 g/mol. The van der Waals surface area contributed by atoms with Gasteiger partial charge in [0.05, 0.1) is 38.0 Å². The van der Waals surface area contributed by atoms with Gasteiger partial charge in [0.1, 0.15) is 24.2 Å². The average molecular weight is 563 g/mol. The van der Waals surface area contributed by atoms with Crippen LogP contribution >= 0.6 is 11.6 Å². The fraction of sp³-hybridized carbons (Fsp3) is 0.360. The summed E-state index contributed by atoms with van der Waals surface area (Å²) in [7, 11) is 0. The molecular formula is C25H22ClF3N6O4. The Morgan fingerprint density at radius 3 is 2.44 bits per heavy atom. The smallest absolute Gasteiger partial charge is 0.487 e. The molecule has 0 bridgehead atoms. The van der Waals surface area contributed by atoms with Crippen molar-refractivity contribution >= 4 is 29.2 Å². The van der Waals surface area contributed by atoms with Crippen molar-refractivity contribution in [1.29, 1.82) is 5.26 Å². The molecule has 2 aromatic carbocycles. The van der Waals surface area contributed by atoms with Crippen LogP contribution in [0.4, 0.5) is 13.2 Å². The lowest BCUT2D eigenvalue weighted by Crippen LogP contribution is -2.60. The van der Waals surface area contributed by atoms with Crippen LogP contribution in [0.5, 0.6) is 11.5 Å². The van der Waals surface area contributed by atoms with Crippen molar-refractivity contribution in [2.24, 2.45) is 10.1 Å². The molecule has 5 rings (SSSR count). The zero-order valence-corrected chi connectivity index (χ0v) is 21.1. The zero-order valence-electron chi connectivity index (χ0n) is 20.3. The topological polar surface area (TPSA) is 103 Å². The van der Waals surface area contributed by atoms with Crippen molar-refractivity contribution in [3.05, 3.63) is 59.1 Å². The summed E-state index contributed by atoms with van der Waals surface area (Å²) < 4.78 is 52.1. The quantitative estimate of drug-likeness (QED) is 0.313. The number of ether oxygens (including phenoxy) is 3. The van der Waals surface area contributed by atoms with Crippen LogP contribution in [0.2, 0.25) is 5.02 Å². The van der Waals surface area contributed by atoms with Crippen molar-refractivity contribution in [2.45, 2.75) is 18.5 Å². The molecule has 3 aliphatic heterocycles. The van der Waals surface area contributed by atoms with E-state index in [9.17, 15) is 23.2 Å². The van der Waals surface area contributed by atoms with Crippen LogP contribution in [0.1, 0.15) is 5.56 Å². The number of hydrogen-bond acceptors (Lipinski definition) is 7. The third-order valence-corrected chi connectivity index (χ3v) is 6.55. The minimum Gasteiger partial charge on any atom is -0.487 e. The SMILES string of the molecule is N#CN=C(N1CC(Oc2ccc(OC(F)(F)F)cc2)C1)N1CC(N2CCOCC2=O)C(c2ccc(Cl)cc2)=N1. The van der Waals surface area contributed by atoms with Crippen molar-refractivity contribution in [3.63, 3.8) is 0 Å². The number of likely N-dealkylation sites (tertiary alicyclic amines) is 1. The van der Waals surface area contributed by atoms with Crippen LogP contribution in [0.25, 0.3) is 0 Å². The highest BCUT2D eigenvalue weighted by atomic mass is 35.5. The van der Waals surface area contributed by atoms with Crippen LogP contribution < -0.4 is 9.47 Å².